The van der Waals surface area contributed by atoms with Crippen LogP contribution < -0.4 is 0 Å². The van der Waals surface area contributed by atoms with Crippen molar-refractivity contribution in [3.63, 3.8) is 0 Å². The van der Waals surface area contributed by atoms with E-state index in [4.69, 9.17) is 9.79 Å². The Hall–Kier alpha value is 0.0400. The summed E-state index contributed by atoms with van der Waals surface area (Å²) < 4.78 is 21.0. The van der Waals surface area contributed by atoms with E-state index >= 15 is 0 Å². The normalized spacial score (nSPS) is 11.8. The van der Waals surface area contributed by atoms with E-state index in [2.05, 4.69) is 0 Å². The van der Waals surface area contributed by atoms with Crippen molar-refractivity contribution in [2.24, 2.45) is 5.92 Å². The number of hydrogen-bond donors (Lipinski definition) is 2. The summed E-state index contributed by atoms with van der Waals surface area (Å²) in [5.41, 5.74) is 0. The van der Waals surface area contributed by atoms with Gasteiger partial charge in [-0.3, -0.25) is 4.57 Å². The molecule has 0 aliphatic rings. The summed E-state index contributed by atoms with van der Waals surface area (Å²) in [5.74, 6) is -0.270. The quantitative estimate of drug-likeness (QED) is 0.537. The van der Waals surface area contributed by atoms with Gasteiger partial charge in [0.05, 0.1) is 0 Å². The molecule has 0 rings (SSSR count). The predicted molar refractivity (Wildman–Crippen MR) is 49.3 cm³/mol. The Morgan fingerprint density at radius 2 is 1.83 bits per heavy atom. The molecule has 6 heteroatoms. The minimum absolute atomic E-state index is 0.0623. The van der Waals surface area contributed by atoms with Crippen molar-refractivity contribution >= 4 is 23.5 Å². The van der Waals surface area contributed by atoms with Gasteiger partial charge in [-0.2, -0.15) is 0 Å². The maximum atomic E-state index is 10.8. The fraction of sp³-hybridized carbons (Fsp3) is 0.833. The highest BCUT2D eigenvalue weighted by Crippen LogP contribution is 2.40. The molecule has 4 nitrogen and oxygen atoms in total. The first kappa shape index (κ1) is 12.0. The van der Waals surface area contributed by atoms with Gasteiger partial charge in [0.25, 0.3) is 0 Å². The van der Waals surface area contributed by atoms with Crippen molar-refractivity contribution in [1.29, 1.82) is 0 Å². The molecule has 0 aliphatic carbocycles. The monoisotopic (exact) mass is 212 g/mol. The van der Waals surface area contributed by atoms with E-state index in [1.54, 1.807) is 13.8 Å². The van der Waals surface area contributed by atoms with E-state index < -0.39 is 7.60 Å². The summed E-state index contributed by atoms with van der Waals surface area (Å²) in [6, 6.07) is 0. The van der Waals surface area contributed by atoms with E-state index in [1.807, 2.05) is 0 Å². The van der Waals surface area contributed by atoms with Gasteiger partial charge < -0.3 is 9.79 Å². The molecule has 2 N–H and O–H groups in total. The molecule has 0 saturated heterocycles. The van der Waals surface area contributed by atoms with Crippen LogP contribution in [-0.2, 0) is 15.8 Å². The Labute approximate surface area is 75.2 Å². The van der Waals surface area contributed by atoms with Crippen LogP contribution in [0.2, 0.25) is 0 Å². The third kappa shape index (κ3) is 3.19. The molecule has 72 valence electrons. The Balaban J connectivity index is 4.81. The molecule has 0 aliphatic heterocycles. The summed E-state index contributed by atoms with van der Waals surface area (Å²) in [4.78, 5) is 17.5. The molecule has 0 heterocycles. The SMILES string of the molecule is CCC(CC)C(=S=O)P(=O)(O)O. The van der Waals surface area contributed by atoms with E-state index in [-0.39, 0.29) is 21.8 Å². The van der Waals surface area contributed by atoms with Crippen molar-refractivity contribution in [2.75, 3.05) is 0 Å². The van der Waals surface area contributed by atoms with E-state index in [9.17, 15) is 8.77 Å². The summed E-state index contributed by atoms with van der Waals surface area (Å²) in [7, 11) is -4.30. The molecule has 0 aromatic rings. The van der Waals surface area contributed by atoms with Crippen molar-refractivity contribution in [1.82, 2.24) is 0 Å². The fourth-order valence-electron chi connectivity index (χ4n) is 0.992. The Bertz CT molecular complexity index is 236. The van der Waals surface area contributed by atoms with Gasteiger partial charge in [-0.25, -0.2) is 4.21 Å². The molecule has 0 spiro atoms. The average Bonchev–Trinajstić information content (AvgIpc) is 1.97. The summed E-state index contributed by atoms with van der Waals surface area (Å²) >= 11 is -0.0623. The van der Waals surface area contributed by atoms with Crippen LogP contribution in [0.5, 0.6) is 0 Å². The molecule has 0 bridgehead atoms. The van der Waals surface area contributed by atoms with Crippen LogP contribution in [0.4, 0.5) is 0 Å². The molecule has 0 aromatic carbocycles. The second kappa shape index (κ2) is 4.92. The van der Waals surface area contributed by atoms with E-state index in [1.165, 1.54) is 0 Å². The Morgan fingerprint density at radius 1 is 1.42 bits per heavy atom. The van der Waals surface area contributed by atoms with Gasteiger partial charge in [-0.15, -0.1) is 0 Å². The Morgan fingerprint density at radius 3 is 1.92 bits per heavy atom. The first-order valence-electron chi connectivity index (χ1n) is 3.70. The van der Waals surface area contributed by atoms with Crippen LogP contribution in [0.15, 0.2) is 0 Å². The number of rotatable bonds is 4. The maximum absolute atomic E-state index is 10.8. The van der Waals surface area contributed by atoms with Crippen LogP contribution in [0.25, 0.3) is 0 Å². The van der Waals surface area contributed by atoms with Gasteiger partial charge in [0.2, 0.25) is 0 Å². The van der Waals surface area contributed by atoms with Gasteiger partial charge in [0, 0.05) is 5.92 Å². The minimum Gasteiger partial charge on any atom is -0.321 e. The molecular formula is C6H13O4PS. The van der Waals surface area contributed by atoms with Crippen LogP contribution in [0, 0.1) is 5.92 Å². The lowest BCUT2D eigenvalue weighted by molar-refractivity contribution is 0.388. The first-order valence-corrected chi connectivity index (χ1v) is 6.05. The van der Waals surface area contributed by atoms with Crippen LogP contribution in [-0.4, -0.2) is 18.6 Å². The van der Waals surface area contributed by atoms with Gasteiger partial charge in [0.15, 0.2) is 0 Å². The molecular weight excluding hydrogens is 199 g/mol. The van der Waals surface area contributed by atoms with Crippen molar-refractivity contribution < 1.29 is 18.6 Å². The zero-order valence-electron chi connectivity index (χ0n) is 7.06. The Kier molecular flexibility index (Phi) is 4.94. The molecule has 0 unspecified atom stereocenters. The summed E-state index contributed by atoms with van der Waals surface area (Å²) in [6.45, 7) is 3.61. The molecule has 0 atom stereocenters. The topological polar surface area (TPSA) is 74.6 Å². The smallest absolute Gasteiger partial charge is 0.321 e. The lowest BCUT2D eigenvalue weighted by atomic mass is 10.1. The van der Waals surface area contributed by atoms with Gasteiger partial charge >= 0.3 is 7.60 Å². The largest absolute Gasteiger partial charge is 0.365 e. The molecule has 0 saturated carbocycles. The second-order valence-corrected chi connectivity index (χ2v) is 4.96. The predicted octanol–water partition coefficient (Wildman–Crippen LogP) is 0.943. The average molecular weight is 212 g/mol. The van der Waals surface area contributed by atoms with Gasteiger partial charge in [-0.1, -0.05) is 13.8 Å². The zero-order valence-corrected chi connectivity index (χ0v) is 8.77. The molecule has 0 fully saturated rings. The van der Waals surface area contributed by atoms with Crippen molar-refractivity contribution in [2.45, 2.75) is 26.7 Å². The maximum Gasteiger partial charge on any atom is 0.365 e. The molecule has 0 aromatic heterocycles. The second-order valence-electron chi connectivity index (χ2n) is 2.48. The third-order valence-electron chi connectivity index (χ3n) is 1.71. The van der Waals surface area contributed by atoms with Crippen LogP contribution in [0.3, 0.4) is 0 Å². The van der Waals surface area contributed by atoms with Crippen LogP contribution in [0.1, 0.15) is 26.7 Å². The number of hydrogen-bond acceptors (Lipinski definition) is 2. The minimum atomic E-state index is -4.30. The van der Waals surface area contributed by atoms with E-state index in [0.29, 0.717) is 12.8 Å². The molecule has 0 radical (unpaired) electrons. The highest BCUT2D eigenvalue weighted by atomic mass is 32.1. The lowest BCUT2D eigenvalue weighted by Gasteiger charge is -2.13. The van der Waals surface area contributed by atoms with Gasteiger partial charge in [-0.05, 0) is 12.8 Å². The van der Waals surface area contributed by atoms with Gasteiger partial charge in [0.1, 0.15) is 15.9 Å². The zero-order chi connectivity index (χ0) is 9.78. The standard InChI is InChI=1S/C6H13O4PS/c1-3-5(4-2)6(12-10)11(7,8)9/h5H,3-4H2,1-2H3,(H2,7,8,9). The summed E-state index contributed by atoms with van der Waals surface area (Å²) in [5, 5.41) is 0. The molecule has 0 amide bonds. The summed E-state index contributed by atoms with van der Waals surface area (Å²) in [6.07, 6.45) is 1.18. The van der Waals surface area contributed by atoms with Crippen LogP contribution >= 0.6 is 7.60 Å². The highest BCUT2D eigenvalue weighted by molar-refractivity contribution is 7.90. The van der Waals surface area contributed by atoms with Crippen molar-refractivity contribution in [3.05, 3.63) is 0 Å². The van der Waals surface area contributed by atoms with E-state index in [0.717, 1.165) is 0 Å². The van der Waals surface area contributed by atoms with Crippen molar-refractivity contribution in [3.8, 4) is 0 Å². The third-order valence-corrected chi connectivity index (χ3v) is 4.09. The molecule has 12 heavy (non-hydrogen) atoms. The first-order chi connectivity index (χ1) is 5.47. The lowest BCUT2D eigenvalue weighted by Crippen LogP contribution is -2.12. The fourth-order valence-corrected chi connectivity index (χ4v) is 2.69. The highest BCUT2D eigenvalue weighted by Gasteiger charge is 2.28.